The molecule has 2 amide bonds. The standard InChI is InChI=1S/C21H24N6O2/c1-26-18-8-9-27(21(29)13-6-7-16-17(10-13)23-12-22-16)11-15(18)19(25-26)20(28)24-14-4-2-3-5-14/h6-7,10,12,14H,2-5,8-9,11H2,1H3,(H,22,23)(H,24,28). The van der Waals surface area contributed by atoms with Gasteiger partial charge in [0.15, 0.2) is 5.69 Å². The molecule has 29 heavy (non-hydrogen) atoms. The maximum Gasteiger partial charge on any atom is 0.272 e. The number of H-pyrrole nitrogens is 1. The summed E-state index contributed by atoms with van der Waals surface area (Å²) in [5.41, 5.74) is 4.65. The molecule has 8 heteroatoms. The van der Waals surface area contributed by atoms with E-state index in [0.717, 1.165) is 48.0 Å². The van der Waals surface area contributed by atoms with Gasteiger partial charge in [-0.3, -0.25) is 14.3 Å². The topological polar surface area (TPSA) is 95.9 Å². The van der Waals surface area contributed by atoms with Gasteiger partial charge in [0.25, 0.3) is 11.8 Å². The minimum atomic E-state index is -0.123. The van der Waals surface area contributed by atoms with Gasteiger partial charge in [-0.15, -0.1) is 0 Å². The van der Waals surface area contributed by atoms with Gasteiger partial charge in [-0.05, 0) is 31.0 Å². The van der Waals surface area contributed by atoms with Crippen molar-refractivity contribution in [2.75, 3.05) is 6.54 Å². The number of nitrogens with zero attached hydrogens (tertiary/aromatic N) is 4. The highest BCUT2D eigenvalue weighted by Gasteiger charge is 2.30. The Bertz CT molecular complexity index is 1090. The fourth-order valence-corrected chi connectivity index (χ4v) is 4.52. The number of hydrogen-bond donors (Lipinski definition) is 2. The van der Waals surface area contributed by atoms with Crippen molar-refractivity contribution in [1.82, 2.24) is 30.0 Å². The second kappa shape index (κ2) is 7.02. The zero-order valence-electron chi connectivity index (χ0n) is 16.4. The molecule has 1 aliphatic heterocycles. The second-order valence-corrected chi connectivity index (χ2v) is 7.96. The van der Waals surface area contributed by atoms with Crippen LogP contribution in [0.1, 0.15) is 57.8 Å². The maximum atomic E-state index is 13.1. The molecule has 8 nitrogen and oxygen atoms in total. The molecule has 1 fully saturated rings. The lowest BCUT2D eigenvalue weighted by Crippen LogP contribution is -2.38. The average molecular weight is 392 g/mol. The van der Waals surface area contributed by atoms with Crippen molar-refractivity contribution in [2.24, 2.45) is 7.05 Å². The van der Waals surface area contributed by atoms with Crippen LogP contribution < -0.4 is 5.32 Å². The third-order valence-corrected chi connectivity index (χ3v) is 6.10. The van der Waals surface area contributed by atoms with Crippen LogP contribution in [0.25, 0.3) is 11.0 Å². The van der Waals surface area contributed by atoms with Crippen LogP contribution in [0, 0.1) is 0 Å². The molecule has 5 rings (SSSR count). The molecule has 2 aliphatic rings. The summed E-state index contributed by atoms with van der Waals surface area (Å²) in [6, 6.07) is 5.72. The summed E-state index contributed by atoms with van der Waals surface area (Å²) in [5.74, 6) is -0.167. The molecule has 0 saturated heterocycles. The molecule has 2 N–H and O–H groups in total. The maximum absolute atomic E-state index is 13.1. The number of benzene rings is 1. The number of aromatic nitrogens is 4. The first-order valence-corrected chi connectivity index (χ1v) is 10.2. The lowest BCUT2D eigenvalue weighted by atomic mass is 10.0. The fourth-order valence-electron chi connectivity index (χ4n) is 4.52. The number of rotatable bonds is 3. The van der Waals surface area contributed by atoms with Crippen molar-refractivity contribution in [2.45, 2.75) is 44.7 Å². The van der Waals surface area contributed by atoms with E-state index < -0.39 is 0 Å². The number of imidazole rings is 1. The van der Waals surface area contributed by atoms with E-state index in [4.69, 9.17) is 0 Å². The summed E-state index contributed by atoms with van der Waals surface area (Å²) in [6.45, 7) is 1.01. The first kappa shape index (κ1) is 17.9. The van der Waals surface area contributed by atoms with Crippen LogP contribution in [0.5, 0.6) is 0 Å². The Balaban J connectivity index is 1.39. The molecule has 150 valence electrons. The highest BCUT2D eigenvalue weighted by Crippen LogP contribution is 2.25. The van der Waals surface area contributed by atoms with Crippen LogP contribution in [0.3, 0.4) is 0 Å². The van der Waals surface area contributed by atoms with Gasteiger partial charge in [-0.25, -0.2) is 4.98 Å². The van der Waals surface area contributed by atoms with E-state index in [2.05, 4.69) is 20.4 Å². The van der Waals surface area contributed by atoms with Crippen molar-refractivity contribution >= 4 is 22.8 Å². The zero-order chi connectivity index (χ0) is 20.0. The smallest absolute Gasteiger partial charge is 0.272 e. The van der Waals surface area contributed by atoms with Gasteiger partial charge in [0.2, 0.25) is 0 Å². The summed E-state index contributed by atoms with van der Waals surface area (Å²) < 4.78 is 1.79. The Kier molecular flexibility index (Phi) is 4.34. The number of carbonyl (C=O) groups excluding carboxylic acids is 2. The Labute approximate surface area is 168 Å². The highest BCUT2D eigenvalue weighted by molar-refractivity contribution is 5.98. The van der Waals surface area contributed by atoms with Gasteiger partial charge in [0.1, 0.15) is 0 Å². The molecule has 0 bridgehead atoms. The third kappa shape index (κ3) is 3.18. The van der Waals surface area contributed by atoms with Crippen molar-refractivity contribution in [3.8, 4) is 0 Å². The van der Waals surface area contributed by atoms with E-state index in [1.807, 2.05) is 19.2 Å². The zero-order valence-corrected chi connectivity index (χ0v) is 16.4. The van der Waals surface area contributed by atoms with Crippen LogP contribution in [0.15, 0.2) is 24.5 Å². The molecule has 3 aromatic rings. The van der Waals surface area contributed by atoms with E-state index >= 15 is 0 Å². The normalized spacial score (nSPS) is 16.9. The largest absolute Gasteiger partial charge is 0.348 e. The lowest BCUT2D eigenvalue weighted by Gasteiger charge is -2.27. The van der Waals surface area contributed by atoms with Gasteiger partial charge in [-0.1, -0.05) is 12.8 Å². The van der Waals surface area contributed by atoms with Crippen LogP contribution in [-0.2, 0) is 20.0 Å². The van der Waals surface area contributed by atoms with Crippen LogP contribution >= 0.6 is 0 Å². The van der Waals surface area contributed by atoms with Crippen LogP contribution in [0.2, 0.25) is 0 Å². The number of aryl methyl sites for hydroxylation is 1. The number of hydrogen-bond acceptors (Lipinski definition) is 4. The van der Waals surface area contributed by atoms with E-state index in [9.17, 15) is 9.59 Å². The molecule has 0 unspecified atom stereocenters. The quantitative estimate of drug-likeness (QED) is 0.714. The van der Waals surface area contributed by atoms with E-state index in [1.165, 1.54) is 0 Å². The Morgan fingerprint density at radius 1 is 1.24 bits per heavy atom. The molecule has 1 saturated carbocycles. The molecule has 0 atom stereocenters. The number of nitrogens with one attached hydrogen (secondary N) is 2. The highest BCUT2D eigenvalue weighted by atomic mass is 16.2. The van der Waals surface area contributed by atoms with Crippen molar-refractivity contribution in [3.05, 3.63) is 47.0 Å². The first-order chi connectivity index (χ1) is 14.1. The fraction of sp³-hybridized carbons (Fsp3) is 0.429. The predicted octanol–water partition coefficient (Wildman–Crippen LogP) is 2.17. The van der Waals surface area contributed by atoms with Gasteiger partial charge in [-0.2, -0.15) is 5.10 Å². The van der Waals surface area contributed by atoms with Gasteiger partial charge in [0, 0.05) is 42.9 Å². The second-order valence-electron chi connectivity index (χ2n) is 7.96. The lowest BCUT2D eigenvalue weighted by molar-refractivity contribution is 0.0730. The summed E-state index contributed by atoms with van der Waals surface area (Å²) in [4.78, 5) is 35.0. The molecule has 1 aromatic carbocycles. The SMILES string of the molecule is Cn1nc(C(=O)NC2CCCC2)c2c1CCN(C(=O)c1ccc3nc[nH]c3c1)C2. The molecule has 3 heterocycles. The third-order valence-electron chi connectivity index (χ3n) is 6.10. The molecule has 0 spiro atoms. The molecular formula is C21H24N6O2. The van der Waals surface area contributed by atoms with E-state index in [-0.39, 0.29) is 17.9 Å². The van der Waals surface area contributed by atoms with Crippen LogP contribution in [0.4, 0.5) is 0 Å². The summed E-state index contributed by atoms with van der Waals surface area (Å²) >= 11 is 0. The first-order valence-electron chi connectivity index (χ1n) is 10.2. The van der Waals surface area contributed by atoms with E-state index in [0.29, 0.717) is 30.8 Å². The summed E-state index contributed by atoms with van der Waals surface area (Å²) in [5, 5.41) is 7.61. The molecule has 1 aliphatic carbocycles. The Morgan fingerprint density at radius 3 is 2.90 bits per heavy atom. The minimum Gasteiger partial charge on any atom is -0.348 e. The predicted molar refractivity (Wildman–Crippen MR) is 107 cm³/mol. The van der Waals surface area contributed by atoms with Gasteiger partial charge >= 0.3 is 0 Å². The molecular weight excluding hydrogens is 368 g/mol. The number of amides is 2. The average Bonchev–Trinajstić information content (AvgIpc) is 3.47. The molecule has 2 aromatic heterocycles. The van der Waals surface area contributed by atoms with Crippen molar-refractivity contribution < 1.29 is 9.59 Å². The Hall–Kier alpha value is -3.16. The van der Waals surface area contributed by atoms with E-state index in [1.54, 1.807) is 22.0 Å². The molecule has 0 radical (unpaired) electrons. The monoisotopic (exact) mass is 392 g/mol. The van der Waals surface area contributed by atoms with Crippen LogP contribution in [-0.4, -0.2) is 49.0 Å². The minimum absolute atomic E-state index is 0.0434. The number of aromatic amines is 1. The van der Waals surface area contributed by atoms with Gasteiger partial charge < -0.3 is 15.2 Å². The van der Waals surface area contributed by atoms with Gasteiger partial charge in [0.05, 0.1) is 23.9 Å². The Morgan fingerprint density at radius 2 is 2.07 bits per heavy atom. The van der Waals surface area contributed by atoms with Crippen molar-refractivity contribution in [1.29, 1.82) is 0 Å². The summed E-state index contributed by atoms with van der Waals surface area (Å²) in [7, 11) is 1.87. The van der Waals surface area contributed by atoms with Crippen molar-refractivity contribution in [3.63, 3.8) is 0 Å². The summed E-state index contributed by atoms with van der Waals surface area (Å²) in [6.07, 6.45) is 6.69. The number of carbonyl (C=O) groups is 2. The number of fused-ring (bicyclic) bond motifs is 2.